The van der Waals surface area contributed by atoms with E-state index in [1.807, 2.05) is 12.1 Å². The summed E-state index contributed by atoms with van der Waals surface area (Å²) in [5, 5.41) is 3.67. The van der Waals surface area contributed by atoms with E-state index in [9.17, 15) is 4.79 Å². The molecule has 1 fully saturated rings. The molecule has 0 aromatic heterocycles. The Hall–Kier alpha value is -1.56. The molecule has 0 atom stereocenters. The molecule has 0 radical (unpaired) electrons. The molecule has 0 saturated carbocycles. The van der Waals surface area contributed by atoms with Gasteiger partial charge in [0.05, 0.1) is 6.54 Å². The van der Waals surface area contributed by atoms with Crippen molar-refractivity contribution in [3.63, 3.8) is 0 Å². The number of nitrogens with zero attached hydrogens (tertiary/aromatic N) is 1. The average Bonchev–Trinajstić information content (AvgIpc) is 2.69. The van der Waals surface area contributed by atoms with Gasteiger partial charge < -0.3 is 10.1 Å². The van der Waals surface area contributed by atoms with E-state index in [-0.39, 0.29) is 11.8 Å². The van der Waals surface area contributed by atoms with Crippen LogP contribution in [0.15, 0.2) is 53.0 Å². The molecule has 0 spiro atoms. The number of rotatable bonds is 7. The van der Waals surface area contributed by atoms with Crippen LogP contribution >= 0.6 is 27.5 Å². The van der Waals surface area contributed by atoms with E-state index in [1.54, 1.807) is 12.1 Å². The van der Waals surface area contributed by atoms with Crippen LogP contribution in [0, 0.1) is 5.92 Å². The van der Waals surface area contributed by atoms with Crippen molar-refractivity contribution < 1.29 is 9.53 Å². The molecule has 144 valence electrons. The maximum Gasteiger partial charge on any atom is 0.223 e. The third-order valence-corrected chi connectivity index (χ3v) is 5.54. The minimum absolute atomic E-state index is 0.0988. The lowest BCUT2D eigenvalue weighted by Gasteiger charge is -2.31. The fraction of sp³-hybridized carbons (Fsp3) is 0.381. The Morgan fingerprint density at radius 2 is 1.78 bits per heavy atom. The van der Waals surface area contributed by atoms with Gasteiger partial charge in [-0.1, -0.05) is 39.7 Å². The number of nitrogens with one attached hydrogen (secondary N) is 1. The summed E-state index contributed by atoms with van der Waals surface area (Å²) in [6.45, 7) is 3.82. The zero-order chi connectivity index (χ0) is 19.1. The van der Waals surface area contributed by atoms with Crippen molar-refractivity contribution >= 4 is 33.4 Å². The molecule has 0 bridgehead atoms. The first-order chi connectivity index (χ1) is 13.1. The standard InChI is InChI=1S/C21H24BrClN2O2/c22-18-3-1-16(2-4-18)15-25-12-9-17(10-13-25)21(26)24-11-14-27-20-7-5-19(23)6-8-20/h1-8,17H,9-15H2,(H,24,26). The molecule has 6 heteroatoms. The molecular weight excluding hydrogens is 428 g/mol. The van der Waals surface area contributed by atoms with Crippen LogP contribution in [0.5, 0.6) is 5.75 Å². The van der Waals surface area contributed by atoms with Gasteiger partial charge in [-0.05, 0) is 67.9 Å². The second kappa shape index (κ2) is 10.1. The van der Waals surface area contributed by atoms with Crippen molar-refractivity contribution in [1.29, 1.82) is 0 Å². The number of ether oxygens (including phenoxy) is 1. The number of hydrogen-bond donors (Lipinski definition) is 1. The Morgan fingerprint density at radius 3 is 2.44 bits per heavy atom. The summed E-state index contributed by atoms with van der Waals surface area (Å²) < 4.78 is 6.70. The van der Waals surface area contributed by atoms with Gasteiger partial charge in [0.25, 0.3) is 0 Å². The lowest BCUT2D eigenvalue weighted by Crippen LogP contribution is -2.41. The van der Waals surface area contributed by atoms with E-state index in [1.165, 1.54) is 5.56 Å². The van der Waals surface area contributed by atoms with Gasteiger partial charge in [-0.3, -0.25) is 9.69 Å². The fourth-order valence-corrected chi connectivity index (χ4v) is 3.61. The van der Waals surface area contributed by atoms with Gasteiger partial charge >= 0.3 is 0 Å². The molecule has 3 rings (SSSR count). The molecule has 27 heavy (non-hydrogen) atoms. The second-order valence-corrected chi connectivity index (χ2v) is 8.12. The highest BCUT2D eigenvalue weighted by molar-refractivity contribution is 9.10. The van der Waals surface area contributed by atoms with Crippen molar-refractivity contribution in [3.8, 4) is 5.75 Å². The number of amides is 1. The smallest absolute Gasteiger partial charge is 0.223 e. The first-order valence-electron chi connectivity index (χ1n) is 9.23. The van der Waals surface area contributed by atoms with Crippen LogP contribution < -0.4 is 10.1 Å². The van der Waals surface area contributed by atoms with Crippen LogP contribution in [0.1, 0.15) is 18.4 Å². The van der Waals surface area contributed by atoms with Gasteiger partial charge in [-0.15, -0.1) is 0 Å². The molecule has 2 aromatic rings. The fourth-order valence-electron chi connectivity index (χ4n) is 3.22. The van der Waals surface area contributed by atoms with E-state index in [4.69, 9.17) is 16.3 Å². The summed E-state index contributed by atoms with van der Waals surface area (Å²) >= 11 is 9.31. The summed E-state index contributed by atoms with van der Waals surface area (Å²) in [4.78, 5) is 14.8. The van der Waals surface area contributed by atoms with E-state index in [0.29, 0.717) is 18.2 Å². The number of halogens is 2. The number of piperidine rings is 1. The van der Waals surface area contributed by atoms with Gasteiger partial charge in [-0.2, -0.15) is 0 Å². The number of carbonyl (C=O) groups is 1. The lowest BCUT2D eigenvalue weighted by molar-refractivity contribution is -0.126. The molecule has 4 nitrogen and oxygen atoms in total. The Balaban J connectivity index is 1.33. The van der Waals surface area contributed by atoms with Crippen LogP contribution in [-0.2, 0) is 11.3 Å². The maximum absolute atomic E-state index is 12.3. The van der Waals surface area contributed by atoms with Gasteiger partial charge in [0.15, 0.2) is 0 Å². The molecule has 0 aliphatic carbocycles. The van der Waals surface area contributed by atoms with Gasteiger partial charge in [0, 0.05) is 22.0 Å². The first-order valence-corrected chi connectivity index (χ1v) is 10.4. The second-order valence-electron chi connectivity index (χ2n) is 6.77. The number of benzene rings is 2. The minimum Gasteiger partial charge on any atom is -0.492 e. The molecule has 1 saturated heterocycles. The zero-order valence-corrected chi connectivity index (χ0v) is 17.5. The highest BCUT2D eigenvalue weighted by Crippen LogP contribution is 2.20. The Labute approximate surface area is 174 Å². The number of likely N-dealkylation sites (tertiary alicyclic amines) is 1. The quantitative estimate of drug-likeness (QED) is 0.630. The van der Waals surface area contributed by atoms with Crippen LogP contribution in [0.2, 0.25) is 5.02 Å². The van der Waals surface area contributed by atoms with Crippen molar-refractivity contribution in [2.45, 2.75) is 19.4 Å². The summed E-state index contributed by atoms with van der Waals surface area (Å²) in [6.07, 6.45) is 1.81. The highest BCUT2D eigenvalue weighted by atomic mass is 79.9. The molecule has 1 aliphatic heterocycles. The monoisotopic (exact) mass is 450 g/mol. The lowest BCUT2D eigenvalue weighted by atomic mass is 9.95. The number of carbonyl (C=O) groups excluding carboxylic acids is 1. The van der Waals surface area contributed by atoms with Crippen molar-refractivity contribution in [2.24, 2.45) is 5.92 Å². The molecule has 2 aromatic carbocycles. The maximum atomic E-state index is 12.3. The minimum atomic E-state index is 0.0988. The van der Waals surface area contributed by atoms with Crippen molar-refractivity contribution in [2.75, 3.05) is 26.2 Å². The number of hydrogen-bond acceptors (Lipinski definition) is 3. The van der Waals surface area contributed by atoms with E-state index in [2.05, 4.69) is 50.4 Å². The first kappa shape index (κ1) is 20.2. The molecule has 1 N–H and O–H groups in total. The summed E-state index contributed by atoms with van der Waals surface area (Å²) in [6, 6.07) is 15.7. The highest BCUT2D eigenvalue weighted by Gasteiger charge is 2.24. The Morgan fingerprint density at radius 1 is 1.11 bits per heavy atom. The molecular formula is C21H24BrClN2O2. The van der Waals surface area contributed by atoms with Gasteiger partial charge in [0.1, 0.15) is 12.4 Å². The summed E-state index contributed by atoms with van der Waals surface area (Å²) in [7, 11) is 0. The molecule has 1 amide bonds. The molecule has 1 heterocycles. The topological polar surface area (TPSA) is 41.6 Å². The molecule has 0 unspecified atom stereocenters. The Bertz CT molecular complexity index is 729. The van der Waals surface area contributed by atoms with Crippen LogP contribution in [0.25, 0.3) is 0 Å². The predicted molar refractivity (Wildman–Crippen MR) is 112 cm³/mol. The van der Waals surface area contributed by atoms with Crippen LogP contribution in [0.3, 0.4) is 0 Å². The van der Waals surface area contributed by atoms with Gasteiger partial charge in [0.2, 0.25) is 5.91 Å². The Kier molecular flexibility index (Phi) is 7.56. The van der Waals surface area contributed by atoms with E-state index in [0.717, 1.165) is 42.7 Å². The van der Waals surface area contributed by atoms with Crippen molar-refractivity contribution in [1.82, 2.24) is 10.2 Å². The largest absolute Gasteiger partial charge is 0.492 e. The van der Waals surface area contributed by atoms with Gasteiger partial charge in [-0.25, -0.2) is 0 Å². The SMILES string of the molecule is O=C(NCCOc1ccc(Cl)cc1)C1CCN(Cc2ccc(Br)cc2)CC1. The molecule has 1 aliphatic rings. The average molecular weight is 452 g/mol. The summed E-state index contributed by atoms with van der Waals surface area (Å²) in [5.74, 6) is 0.995. The normalized spacial score (nSPS) is 15.5. The van der Waals surface area contributed by atoms with Crippen LogP contribution in [-0.4, -0.2) is 37.0 Å². The zero-order valence-electron chi connectivity index (χ0n) is 15.2. The van der Waals surface area contributed by atoms with E-state index < -0.39 is 0 Å². The summed E-state index contributed by atoms with van der Waals surface area (Å²) in [5.41, 5.74) is 1.31. The third kappa shape index (κ3) is 6.52. The van der Waals surface area contributed by atoms with Crippen molar-refractivity contribution in [3.05, 3.63) is 63.6 Å². The van der Waals surface area contributed by atoms with E-state index >= 15 is 0 Å². The third-order valence-electron chi connectivity index (χ3n) is 4.76. The van der Waals surface area contributed by atoms with Crippen LogP contribution in [0.4, 0.5) is 0 Å². The predicted octanol–water partition coefficient (Wildman–Crippen LogP) is 4.51.